The fraction of sp³-hybridized carbons (Fsp3) is 0.480. The van der Waals surface area contributed by atoms with Gasteiger partial charge < -0.3 is 31.5 Å². The van der Waals surface area contributed by atoms with Crippen LogP contribution in [0.3, 0.4) is 0 Å². The highest BCUT2D eigenvalue weighted by molar-refractivity contribution is 6.22. The van der Waals surface area contributed by atoms with Crippen LogP contribution in [0.4, 0.5) is 5.69 Å². The Morgan fingerprint density at radius 1 is 1.24 bits per heavy atom. The van der Waals surface area contributed by atoms with Crippen LogP contribution in [-0.2, 0) is 27.2 Å². The molecule has 1 aromatic carbocycles. The van der Waals surface area contributed by atoms with Gasteiger partial charge in [-0.05, 0) is 48.3 Å². The van der Waals surface area contributed by atoms with Crippen LogP contribution in [0.1, 0.15) is 50.3 Å². The second-order valence-electron chi connectivity index (χ2n) is 9.82. The topological polar surface area (TPSA) is 170 Å². The summed E-state index contributed by atoms with van der Waals surface area (Å²) in [5, 5.41) is 47.4. The Labute approximate surface area is 197 Å². The quantitative estimate of drug-likeness (QED) is 0.280. The zero-order chi connectivity index (χ0) is 25.1. The van der Waals surface area contributed by atoms with Crippen molar-refractivity contribution in [2.45, 2.75) is 52.1 Å². The summed E-state index contributed by atoms with van der Waals surface area (Å²) in [4.78, 5) is 37.7. The lowest BCUT2D eigenvalue weighted by Gasteiger charge is -2.46. The molecule has 1 saturated carbocycles. The van der Waals surface area contributed by atoms with Gasteiger partial charge in [-0.1, -0.05) is 20.8 Å². The van der Waals surface area contributed by atoms with Crippen molar-refractivity contribution >= 4 is 28.9 Å². The number of benzene rings is 1. The number of aryl methyl sites for hydroxylation is 1. The number of ketones is 2. The van der Waals surface area contributed by atoms with Crippen LogP contribution in [-0.4, -0.2) is 50.0 Å². The van der Waals surface area contributed by atoms with E-state index in [-0.39, 0.29) is 29.7 Å². The molecule has 0 bridgehead atoms. The molecule has 3 atom stereocenters. The van der Waals surface area contributed by atoms with E-state index in [1.54, 1.807) is 0 Å². The Morgan fingerprint density at radius 2 is 1.91 bits per heavy atom. The Hall–Kier alpha value is -3.33. The van der Waals surface area contributed by atoms with Gasteiger partial charge in [-0.15, -0.1) is 0 Å². The number of anilines is 1. The van der Waals surface area contributed by atoms with Crippen LogP contribution in [0.2, 0.25) is 0 Å². The number of carbonyl (C=O) groups excluding carboxylic acids is 3. The normalized spacial score (nSPS) is 26.4. The summed E-state index contributed by atoms with van der Waals surface area (Å²) in [6, 6.07) is 1.84. The summed E-state index contributed by atoms with van der Waals surface area (Å²) in [5.41, 5.74) is 3.90. The predicted molar refractivity (Wildman–Crippen MR) is 124 cm³/mol. The average Bonchev–Trinajstić information content (AvgIpc) is 2.75. The molecule has 0 heterocycles. The van der Waals surface area contributed by atoms with Crippen molar-refractivity contribution in [3.63, 3.8) is 0 Å². The lowest BCUT2D eigenvalue weighted by atomic mass is 9.59. The van der Waals surface area contributed by atoms with Gasteiger partial charge in [0.15, 0.2) is 11.4 Å². The van der Waals surface area contributed by atoms with Gasteiger partial charge in [-0.25, -0.2) is 0 Å². The molecule has 0 aliphatic heterocycles. The van der Waals surface area contributed by atoms with E-state index in [9.17, 15) is 34.8 Å². The molecule has 0 saturated heterocycles. The SMILES string of the molecule is CCc1cc(NCC(C)C)c(O)c2c1C[C@H]1C[C@H]3CC(=O)C(C(N)=O)=C(O)[C@@]3(O)C(=O)C1=C2O. The lowest BCUT2D eigenvalue weighted by molar-refractivity contribution is -0.147. The van der Waals surface area contributed by atoms with Gasteiger partial charge in [0.25, 0.3) is 5.91 Å². The van der Waals surface area contributed by atoms with Crippen molar-refractivity contribution in [3.05, 3.63) is 39.7 Å². The second kappa shape index (κ2) is 8.16. The van der Waals surface area contributed by atoms with Gasteiger partial charge in [0.1, 0.15) is 22.8 Å². The summed E-state index contributed by atoms with van der Waals surface area (Å²) in [6.07, 6.45) is 0.737. The molecule has 3 aliphatic carbocycles. The fourth-order valence-electron chi connectivity index (χ4n) is 5.53. The number of nitrogens with two attached hydrogens (primary N) is 1. The maximum Gasteiger partial charge on any atom is 0.255 e. The Morgan fingerprint density at radius 3 is 2.50 bits per heavy atom. The van der Waals surface area contributed by atoms with Crippen LogP contribution in [0, 0.1) is 17.8 Å². The van der Waals surface area contributed by atoms with Gasteiger partial charge in [-0.3, -0.25) is 14.4 Å². The van der Waals surface area contributed by atoms with Crippen molar-refractivity contribution < 1.29 is 34.8 Å². The predicted octanol–water partition coefficient (Wildman–Crippen LogP) is 2.05. The molecular weight excluding hydrogens is 440 g/mol. The molecule has 1 fully saturated rings. The summed E-state index contributed by atoms with van der Waals surface area (Å²) < 4.78 is 0. The van der Waals surface area contributed by atoms with Crippen molar-refractivity contribution in [1.29, 1.82) is 0 Å². The molecule has 1 amide bonds. The zero-order valence-electron chi connectivity index (χ0n) is 19.4. The maximum absolute atomic E-state index is 13.6. The van der Waals surface area contributed by atoms with E-state index in [0.29, 0.717) is 36.6 Å². The number of amides is 1. The number of aliphatic hydroxyl groups is 3. The molecule has 3 aliphatic rings. The minimum absolute atomic E-state index is 0.123. The molecule has 0 spiro atoms. The number of phenolic OH excluding ortho intramolecular Hbond substituents is 1. The van der Waals surface area contributed by atoms with Crippen LogP contribution in [0.5, 0.6) is 5.75 Å². The third kappa shape index (κ3) is 3.29. The first kappa shape index (κ1) is 23.8. The number of primary amides is 1. The summed E-state index contributed by atoms with van der Waals surface area (Å²) in [5.74, 6) is -5.88. The number of Topliss-reactive ketones (excluding diaryl/α,β-unsaturated/α-hetero) is 2. The van der Waals surface area contributed by atoms with Crippen molar-refractivity contribution in [1.82, 2.24) is 0 Å². The second-order valence-corrected chi connectivity index (χ2v) is 9.82. The minimum Gasteiger partial charge on any atom is -0.508 e. The maximum atomic E-state index is 13.6. The Balaban J connectivity index is 1.90. The number of phenols is 1. The number of nitrogens with one attached hydrogen (secondary N) is 1. The Kier molecular flexibility index (Phi) is 5.72. The number of rotatable bonds is 5. The van der Waals surface area contributed by atoms with E-state index in [2.05, 4.69) is 5.32 Å². The largest absolute Gasteiger partial charge is 0.508 e. The molecular formula is C25H30N2O7. The lowest BCUT2D eigenvalue weighted by Crippen LogP contribution is -2.58. The van der Waals surface area contributed by atoms with E-state index < -0.39 is 52.0 Å². The van der Waals surface area contributed by atoms with E-state index in [1.807, 2.05) is 26.8 Å². The average molecular weight is 471 g/mol. The molecule has 182 valence electrons. The summed E-state index contributed by atoms with van der Waals surface area (Å²) >= 11 is 0. The first-order valence-electron chi connectivity index (χ1n) is 11.5. The molecule has 9 heteroatoms. The van der Waals surface area contributed by atoms with Crippen LogP contribution < -0.4 is 11.1 Å². The zero-order valence-corrected chi connectivity index (χ0v) is 19.4. The van der Waals surface area contributed by atoms with Crippen LogP contribution in [0.15, 0.2) is 23.0 Å². The number of carbonyl (C=O) groups is 3. The van der Waals surface area contributed by atoms with Gasteiger partial charge in [-0.2, -0.15) is 0 Å². The molecule has 1 aromatic rings. The standard InChI is InChI=1S/C25H30N2O7/c1-4-11-7-15(27-9-10(2)3)20(29)18-14(11)6-12-5-13-8-16(28)19(24(26)33)23(32)25(13,34)22(31)17(12)21(18)30/h7,10,12-13,27,29-30,32,34H,4-6,8-9H2,1-3H3,(H2,26,33)/t12-,13+,25+/m1/s1. The number of aromatic hydroxyl groups is 1. The van der Waals surface area contributed by atoms with Crippen LogP contribution in [0.25, 0.3) is 5.76 Å². The third-order valence-electron chi connectivity index (χ3n) is 7.24. The van der Waals surface area contributed by atoms with Gasteiger partial charge in [0.2, 0.25) is 5.78 Å². The first-order valence-corrected chi connectivity index (χ1v) is 11.5. The smallest absolute Gasteiger partial charge is 0.255 e. The first-order chi connectivity index (χ1) is 15.9. The monoisotopic (exact) mass is 470 g/mol. The molecule has 0 unspecified atom stereocenters. The molecule has 7 N–H and O–H groups in total. The summed E-state index contributed by atoms with van der Waals surface area (Å²) in [7, 11) is 0. The fourth-order valence-corrected chi connectivity index (χ4v) is 5.53. The number of fused-ring (bicyclic) bond motifs is 3. The highest BCUT2D eigenvalue weighted by Crippen LogP contribution is 2.53. The van der Waals surface area contributed by atoms with Crippen molar-refractivity contribution in [2.24, 2.45) is 23.5 Å². The number of hydrogen-bond donors (Lipinski definition) is 6. The Bertz CT molecular complexity index is 1180. The highest BCUT2D eigenvalue weighted by atomic mass is 16.3. The van der Waals surface area contributed by atoms with Crippen LogP contribution >= 0.6 is 0 Å². The van der Waals surface area contributed by atoms with E-state index in [4.69, 9.17) is 5.73 Å². The number of hydrogen-bond acceptors (Lipinski definition) is 8. The van der Waals surface area contributed by atoms with Crippen molar-refractivity contribution in [3.8, 4) is 5.75 Å². The molecule has 9 nitrogen and oxygen atoms in total. The van der Waals surface area contributed by atoms with Gasteiger partial charge in [0.05, 0.1) is 11.3 Å². The highest BCUT2D eigenvalue weighted by Gasteiger charge is 2.60. The molecule has 34 heavy (non-hydrogen) atoms. The van der Waals surface area contributed by atoms with Gasteiger partial charge >= 0.3 is 0 Å². The summed E-state index contributed by atoms with van der Waals surface area (Å²) in [6.45, 7) is 6.56. The van der Waals surface area contributed by atoms with E-state index in [1.165, 1.54) is 0 Å². The number of aliphatic hydroxyl groups excluding tert-OH is 2. The van der Waals surface area contributed by atoms with Gasteiger partial charge in [0, 0.05) is 24.5 Å². The molecule has 0 aromatic heterocycles. The third-order valence-corrected chi connectivity index (χ3v) is 7.24. The van der Waals surface area contributed by atoms with E-state index in [0.717, 1.165) is 5.56 Å². The molecule has 0 radical (unpaired) electrons. The minimum atomic E-state index is -2.55. The molecule has 4 rings (SSSR count). The van der Waals surface area contributed by atoms with Crippen molar-refractivity contribution in [2.75, 3.05) is 11.9 Å². The van der Waals surface area contributed by atoms with E-state index >= 15 is 0 Å².